The summed E-state index contributed by atoms with van der Waals surface area (Å²) in [5.74, 6) is -2.06. The van der Waals surface area contributed by atoms with Crippen LogP contribution in [0.15, 0.2) is 12.1 Å². The Morgan fingerprint density at radius 1 is 1.59 bits per heavy atom. The lowest BCUT2D eigenvalue weighted by Crippen LogP contribution is -2.09. The Bertz CT molecular complexity index is 485. The Balaban J connectivity index is 3.44. The summed E-state index contributed by atoms with van der Waals surface area (Å²) >= 11 is 5.49. The number of nitriles is 1. The molecule has 0 radical (unpaired) electrons. The first kappa shape index (κ1) is 13.2. The van der Waals surface area contributed by atoms with Crippen molar-refractivity contribution in [2.75, 3.05) is 0 Å². The van der Waals surface area contributed by atoms with Gasteiger partial charge in [-0.3, -0.25) is 0 Å². The number of benzene rings is 1. The number of hydrogen-bond acceptors (Lipinski definition) is 3. The molecule has 0 bridgehead atoms. The fourth-order valence-corrected chi connectivity index (χ4v) is 1.45. The minimum Gasteiger partial charge on any atom is -0.478 e. The summed E-state index contributed by atoms with van der Waals surface area (Å²) in [5.41, 5.74) is -0.735. The average molecular weight is 262 g/mol. The van der Waals surface area contributed by atoms with Gasteiger partial charge in [-0.05, 0) is 6.07 Å². The van der Waals surface area contributed by atoms with E-state index < -0.39 is 29.5 Å². The third kappa shape index (κ3) is 2.82. The third-order valence-corrected chi connectivity index (χ3v) is 2.22. The predicted octanol–water partition coefficient (Wildman–Crippen LogP) is 2.60. The quantitative estimate of drug-likeness (QED) is 0.846. The fraction of sp³-hybridized carbons (Fsp3) is 0.200. The Labute approximate surface area is 100.0 Å². The number of carboxylic acids is 1. The second-order valence-corrected chi connectivity index (χ2v) is 3.17. The molecule has 4 nitrogen and oxygen atoms in total. The molecule has 0 fully saturated rings. The predicted molar refractivity (Wildman–Crippen MR) is 54.3 cm³/mol. The summed E-state index contributed by atoms with van der Waals surface area (Å²) in [5, 5.41) is 17.6. The summed E-state index contributed by atoms with van der Waals surface area (Å²) in [6, 6.07) is 3.88. The standard InChI is InChI=1S/C10H6ClF2NO3/c11-3-5-1-2-6(9(15)16)7(4-14)8(5)17-10(12)13/h1-2,10H,3H2,(H,15,16). The van der Waals surface area contributed by atoms with E-state index in [0.717, 1.165) is 6.07 Å². The lowest BCUT2D eigenvalue weighted by Gasteiger charge is -2.12. The fourth-order valence-electron chi connectivity index (χ4n) is 1.24. The number of aromatic carboxylic acids is 1. The molecular formula is C10H6ClF2NO3. The molecule has 7 heteroatoms. The van der Waals surface area contributed by atoms with Crippen LogP contribution in [-0.2, 0) is 5.88 Å². The Morgan fingerprint density at radius 3 is 2.65 bits per heavy atom. The summed E-state index contributed by atoms with van der Waals surface area (Å²) in [4.78, 5) is 10.8. The van der Waals surface area contributed by atoms with Crippen LogP contribution in [0.3, 0.4) is 0 Å². The Kier molecular flexibility index (Phi) is 4.24. The molecule has 0 unspecified atom stereocenters. The number of halogens is 3. The molecule has 1 N–H and O–H groups in total. The molecule has 17 heavy (non-hydrogen) atoms. The van der Waals surface area contributed by atoms with Crippen molar-refractivity contribution >= 4 is 17.6 Å². The number of hydrogen-bond donors (Lipinski definition) is 1. The van der Waals surface area contributed by atoms with Gasteiger partial charge in [0.15, 0.2) is 0 Å². The molecule has 0 aliphatic heterocycles. The van der Waals surface area contributed by atoms with E-state index in [9.17, 15) is 13.6 Å². The van der Waals surface area contributed by atoms with E-state index in [-0.39, 0.29) is 11.4 Å². The van der Waals surface area contributed by atoms with Gasteiger partial charge >= 0.3 is 12.6 Å². The Morgan fingerprint density at radius 2 is 2.24 bits per heavy atom. The van der Waals surface area contributed by atoms with E-state index in [1.54, 1.807) is 0 Å². The maximum absolute atomic E-state index is 12.2. The van der Waals surface area contributed by atoms with Crippen LogP contribution in [0, 0.1) is 11.3 Å². The second kappa shape index (κ2) is 5.46. The van der Waals surface area contributed by atoms with Gasteiger partial charge in [-0.2, -0.15) is 14.0 Å². The van der Waals surface area contributed by atoms with Crippen molar-refractivity contribution in [3.05, 3.63) is 28.8 Å². The van der Waals surface area contributed by atoms with E-state index in [0.29, 0.717) is 0 Å². The van der Waals surface area contributed by atoms with Crippen LogP contribution in [0.4, 0.5) is 8.78 Å². The molecule has 1 aromatic rings. The van der Waals surface area contributed by atoms with Gasteiger partial charge in [0.25, 0.3) is 0 Å². The maximum atomic E-state index is 12.2. The highest BCUT2D eigenvalue weighted by Crippen LogP contribution is 2.29. The van der Waals surface area contributed by atoms with Crippen LogP contribution < -0.4 is 4.74 Å². The van der Waals surface area contributed by atoms with E-state index >= 15 is 0 Å². The van der Waals surface area contributed by atoms with Crippen LogP contribution in [-0.4, -0.2) is 17.7 Å². The van der Waals surface area contributed by atoms with E-state index in [1.807, 2.05) is 0 Å². The van der Waals surface area contributed by atoms with Gasteiger partial charge in [0.1, 0.15) is 17.4 Å². The van der Waals surface area contributed by atoms with Crippen LogP contribution >= 0.6 is 11.6 Å². The first-order valence-corrected chi connectivity index (χ1v) is 4.84. The van der Waals surface area contributed by atoms with E-state index in [1.165, 1.54) is 12.1 Å². The number of carboxylic acid groups (broad SMARTS) is 1. The minimum atomic E-state index is -3.16. The first-order valence-electron chi connectivity index (χ1n) is 4.31. The second-order valence-electron chi connectivity index (χ2n) is 2.91. The van der Waals surface area contributed by atoms with Crippen LogP contribution in [0.5, 0.6) is 5.75 Å². The van der Waals surface area contributed by atoms with E-state index in [4.69, 9.17) is 22.0 Å². The topological polar surface area (TPSA) is 70.3 Å². The highest BCUT2D eigenvalue weighted by Gasteiger charge is 2.20. The number of rotatable bonds is 4. The number of alkyl halides is 3. The van der Waals surface area contributed by atoms with Gasteiger partial charge in [0.2, 0.25) is 0 Å². The molecule has 0 aromatic heterocycles. The molecule has 90 valence electrons. The van der Waals surface area contributed by atoms with Gasteiger partial charge in [-0.15, -0.1) is 11.6 Å². The molecule has 0 heterocycles. The largest absolute Gasteiger partial charge is 0.478 e. The molecule has 0 amide bonds. The van der Waals surface area contributed by atoms with Gasteiger partial charge in [-0.25, -0.2) is 4.79 Å². The van der Waals surface area contributed by atoms with Crippen molar-refractivity contribution < 1.29 is 23.4 Å². The van der Waals surface area contributed by atoms with Crippen molar-refractivity contribution in [2.24, 2.45) is 0 Å². The molecule has 1 rings (SSSR count). The van der Waals surface area contributed by atoms with Gasteiger partial charge in [0, 0.05) is 5.56 Å². The maximum Gasteiger partial charge on any atom is 0.387 e. The zero-order valence-electron chi connectivity index (χ0n) is 8.28. The monoisotopic (exact) mass is 261 g/mol. The van der Waals surface area contributed by atoms with E-state index in [2.05, 4.69) is 4.74 Å². The molecule has 0 atom stereocenters. The van der Waals surface area contributed by atoms with Crippen molar-refractivity contribution in [2.45, 2.75) is 12.5 Å². The third-order valence-electron chi connectivity index (χ3n) is 1.93. The first-order chi connectivity index (χ1) is 8.01. The van der Waals surface area contributed by atoms with Crippen molar-refractivity contribution in [3.8, 4) is 11.8 Å². The molecule has 0 spiro atoms. The highest BCUT2D eigenvalue weighted by molar-refractivity contribution is 6.17. The van der Waals surface area contributed by atoms with Gasteiger partial charge < -0.3 is 9.84 Å². The van der Waals surface area contributed by atoms with Gasteiger partial charge in [-0.1, -0.05) is 6.07 Å². The van der Waals surface area contributed by atoms with Crippen LogP contribution in [0.2, 0.25) is 0 Å². The number of nitrogens with zero attached hydrogens (tertiary/aromatic N) is 1. The minimum absolute atomic E-state index is 0.133. The summed E-state index contributed by atoms with van der Waals surface area (Å²) in [7, 11) is 0. The molecular weight excluding hydrogens is 256 g/mol. The van der Waals surface area contributed by atoms with Crippen molar-refractivity contribution in [1.29, 1.82) is 5.26 Å². The van der Waals surface area contributed by atoms with Crippen LogP contribution in [0.25, 0.3) is 0 Å². The zero-order chi connectivity index (χ0) is 13.0. The lowest BCUT2D eigenvalue weighted by molar-refractivity contribution is -0.0506. The molecule has 0 aliphatic rings. The smallest absolute Gasteiger partial charge is 0.387 e. The number of ether oxygens (including phenoxy) is 1. The van der Waals surface area contributed by atoms with Gasteiger partial charge in [0.05, 0.1) is 11.4 Å². The SMILES string of the molecule is N#Cc1c(C(=O)O)ccc(CCl)c1OC(F)F. The average Bonchev–Trinajstić information content (AvgIpc) is 2.27. The highest BCUT2D eigenvalue weighted by atomic mass is 35.5. The van der Waals surface area contributed by atoms with Crippen LogP contribution in [0.1, 0.15) is 21.5 Å². The zero-order valence-corrected chi connectivity index (χ0v) is 9.04. The Hall–Kier alpha value is -1.87. The molecule has 0 aliphatic carbocycles. The summed E-state index contributed by atoms with van der Waals surface area (Å²) < 4.78 is 28.5. The van der Waals surface area contributed by atoms with Crippen molar-refractivity contribution in [1.82, 2.24) is 0 Å². The molecule has 0 saturated heterocycles. The summed E-state index contributed by atoms with van der Waals surface area (Å²) in [6.07, 6.45) is 0. The normalized spacial score (nSPS) is 10.1. The molecule has 1 aromatic carbocycles. The van der Waals surface area contributed by atoms with Crippen molar-refractivity contribution in [3.63, 3.8) is 0 Å². The lowest BCUT2D eigenvalue weighted by atomic mass is 10.0. The number of carbonyl (C=O) groups is 1. The molecule has 0 saturated carbocycles. The summed E-state index contributed by atoms with van der Waals surface area (Å²) in [6.45, 7) is -3.16.